The summed E-state index contributed by atoms with van der Waals surface area (Å²) in [4.78, 5) is 21.3. The average Bonchev–Trinajstić information content (AvgIpc) is 2.72. The molecule has 2 atom stereocenters. The number of aryl methyl sites for hydroxylation is 1. The molecule has 1 unspecified atom stereocenters. The van der Waals surface area contributed by atoms with Crippen molar-refractivity contribution in [1.82, 2.24) is 10.3 Å². The largest absolute Gasteiger partial charge is 0.305 e. The van der Waals surface area contributed by atoms with Gasteiger partial charge in [-0.1, -0.05) is 42.6 Å². The molecule has 1 saturated carbocycles. The second-order valence-electron chi connectivity index (χ2n) is 5.88. The number of nitrogens with zero attached hydrogens (tertiary/aromatic N) is 2. The fraction of sp³-hybridized carbons (Fsp3) is 0.562. The van der Waals surface area contributed by atoms with Crippen LogP contribution in [0.5, 0.6) is 0 Å². The van der Waals surface area contributed by atoms with Gasteiger partial charge in [0.2, 0.25) is 5.91 Å². The van der Waals surface area contributed by atoms with Crippen LogP contribution in [0.2, 0.25) is 5.02 Å². The quantitative estimate of drug-likeness (QED) is 0.895. The van der Waals surface area contributed by atoms with Gasteiger partial charge in [-0.3, -0.25) is 14.8 Å². The van der Waals surface area contributed by atoms with Crippen LogP contribution >= 0.6 is 23.4 Å². The lowest BCUT2D eigenvalue weighted by molar-refractivity contribution is -0.124. The zero-order valence-corrected chi connectivity index (χ0v) is 14.2. The van der Waals surface area contributed by atoms with Crippen LogP contribution in [0.15, 0.2) is 17.3 Å². The molecule has 1 N–H and O–H groups in total. The van der Waals surface area contributed by atoms with Gasteiger partial charge in [0.15, 0.2) is 5.17 Å². The molecule has 22 heavy (non-hydrogen) atoms. The molecule has 1 aromatic rings. The van der Waals surface area contributed by atoms with Crippen molar-refractivity contribution in [2.24, 2.45) is 10.9 Å². The maximum atomic E-state index is 12.3. The Kier molecular flexibility index (Phi) is 5.03. The molecule has 1 fully saturated rings. The number of rotatable bonds is 2. The van der Waals surface area contributed by atoms with Crippen molar-refractivity contribution in [2.75, 3.05) is 0 Å². The molecule has 6 heteroatoms. The van der Waals surface area contributed by atoms with E-state index in [0.717, 1.165) is 40.7 Å². The molecule has 0 bridgehead atoms. The summed E-state index contributed by atoms with van der Waals surface area (Å²) in [5, 5.41) is 4.41. The van der Waals surface area contributed by atoms with Crippen molar-refractivity contribution >= 4 is 34.4 Å². The molecule has 1 aliphatic carbocycles. The van der Waals surface area contributed by atoms with E-state index in [1.54, 1.807) is 12.3 Å². The van der Waals surface area contributed by atoms with Gasteiger partial charge in [-0.05, 0) is 25.8 Å². The number of thioether (sulfide) groups is 1. The Labute approximate surface area is 140 Å². The normalized spacial score (nSPS) is 25.0. The number of carbonyl (C=O) groups excluding carboxylic acids is 1. The molecule has 2 heterocycles. The molecule has 1 aromatic heterocycles. The summed E-state index contributed by atoms with van der Waals surface area (Å²) in [6, 6.07) is 1.96. The molecule has 4 nitrogen and oxygen atoms in total. The second kappa shape index (κ2) is 7.01. The lowest BCUT2D eigenvalue weighted by Gasteiger charge is -2.27. The molecule has 2 aliphatic rings. The predicted molar refractivity (Wildman–Crippen MR) is 91.2 cm³/mol. The highest BCUT2D eigenvalue weighted by atomic mass is 35.5. The summed E-state index contributed by atoms with van der Waals surface area (Å²) in [5.74, 6) is 0.878. The van der Waals surface area contributed by atoms with E-state index in [4.69, 9.17) is 16.6 Å². The van der Waals surface area contributed by atoms with Gasteiger partial charge in [-0.15, -0.1) is 0 Å². The van der Waals surface area contributed by atoms with Crippen molar-refractivity contribution in [3.63, 3.8) is 0 Å². The van der Waals surface area contributed by atoms with E-state index in [9.17, 15) is 4.79 Å². The Morgan fingerprint density at radius 2 is 2.18 bits per heavy atom. The fourth-order valence-corrected chi connectivity index (χ4v) is 4.45. The number of halogens is 1. The minimum atomic E-state index is 0.0653. The highest BCUT2D eigenvalue weighted by molar-refractivity contribution is 8.13. The summed E-state index contributed by atoms with van der Waals surface area (Å²) >= 11 is 7.77. The zero-order chi connectivity index (χ0) is 15.5. The second-order valence-corrected chi connectivity index (χ2v) is 7.25. The SMILES string of the molecule is Cc1nccc(Cl)c1CSC1=N[C@@H]2CCCCCC2C(=O)N1. The molecule has 0 saturated heterocycles. The maximum Gasteiger partial charge on any atom is 0.231 e. The topological polar surface area (TPSA) is 54.4 Å². The van der Waals surface area contributed by atoms with Crippen LogP contribution in [0.1, 0.15) is 43.4 Å². The number of fused-ring (bicyclic) bond motifs is 1. The molecule has 3 rings (SSSR count). The van der Waals surface area contributed by atoms with E-state index in [1.807, 2.05) is 6.92 Å². The number of amides is 1. The Balaban J connectivity index is 1.71. The van der Waals surface area contributed by atoms with Gasteiger partial charge < -0.3 is 5.32 Å². The maximum absolute atomic E-state index is 12.3. The lowest BCUT2D eigenvalue weighted by atomic mass is 9.93. The number of hydrogen-bond acceptors (Lipinski definition) is 4. The smallest absolute Gasteiger partial charge is 0.231 e. The Morgan fingerprint density at radius 1 is 1.36 bits per heavy atom. The van der Waals surface area contributed by atoms with Crippen LogP contribution in [-0.2, 0) is 10.5 Å². The molecule has 1 amide bonds. The highest BCUT2D eigenvalue weighted by Crippen LogP contribution is 2.30. The minimum Gasteiger partial charge on any atom is -0.305 e. The monoisotopic (exact) mass is 337 g/mol. The highest BCUT2D eigenvalue weighted by Gasteiger charge is 2.33. The third kappa shape index (κ3) is 3.46. The first kappa shape index (κ1) is 15.8. The first-order valence-electron chi connectivity index (χ1n) is 7.76. The molecule has 0 spiro atoms. The van der Waals surface area contributed by atoms with Crippen molar-refractivity contribution < 1.29 is 4.79 Å². The van der Waals surface area contributed by atoms with Crippen molar-refractivity contribution in [3.8, 4) is 0 Å². The fourth-order valence-electron chi connectivity index (χ4n) is 3.08. The molecule has 0 radical (unpaired) electrons. The van der Waals surface area contributed by atoms with Gasteiger partial charge in [0.25, 0.3) is 0 Å². The summed E-state index contributed by atoms with van der Waals surface area (Å²) < 4.78 is 0. The third-order valence-electron chi connectivity index (χ3n) is 4.40. The van der Waals surface area contributed by atoms with Gasteiger partial charge in [-0.2, -0.15) is 0 Å². The first-order valence-corrected chi connectivity index (χ1v) is 9.13. The number of carbonyl (C=O) groups is 1. The summed E-state index contributed by atoms with van der Waals surface area (Å²) in [6.07, 6.45) is 7.21. The summed E-state index contributed by atoms with van der Waals surface area (Å²) in [6.45, 7) is 1.95. The predicted octanol–water partition coefficient (Wildman–Crippen LogP) is 3.71. The standard InChI is InChI=1S/C16H20ClN3OS/c1-10-12(13(17)7-8-18-10)9-22-16-19-14-6-4-2-3-5-11(14)15(21)20-16/h7-8,11,14H,2-6,9H2,1H3,(H,19,20,21)/t11?,14-/m1/s1. The van der Waals surface area contributed by atoms with Crippen LogP contribution in [0, 0.1) is 12.8 Å². The van der Waals surface area contributed by atoms with E-state index in [0.29, 0.717) is 5.75 Å². The van der Waals surface area contributed by atoms with Crippen molar-refractivity contribution in [1.29, 1.82) is 0 Å². The minimum absolute atomic E-state index is 0.0653. The molecule has 0 aromatic carbocycles. The van der Waals surface area contributed by atoms with Crippen LogP contribution < -0.4 is 5.32 Å². The van der Waals surface area contributed by atoms with E-state index >= 15 is 0 Å². The van der Waals surface area contributed by atoms with E-state index in [2.05, 4.69) is 10.3 Å². The Bertz CT molecular complexity index is 585. The van der Waals surface area contributed by atoms with Gasteiger partial charge in [0, 0.05) is 28.2 Å². The number of amidine groups is 1. The van der Waals surface area contributed by atoms with Crippen LogP contribution in [0.25, 0.3) is 0 Å². The molecular formula is C16H20ClN3OS. The van der Waals surface area contributed by atoms with E-state index in [1.165, 1.54) is 24.6 Å². The first-order chi connectivity index (χ1) is 10.6. The van der Waals surface area contributed by atoms with Gasteiger partial charge in [0.05, 0.1) is 12.0 Å². The van der Waals surface area contributed by atoms with Gasteiger partial charge in [-0.25, -0.2) is 0 Å². The average molecular weight is 338 g/mol. The molecular weight excluding hydrogens is 318 g/mol. The zero-order valence-electron chi connectivity index (χ0n) is 12.6. The van der Waals surface area contributed by atoms with Crippen molar-refractivity contribution in [2.45, 2.75) is 50.8 Å². The summed E-state index contributed by atoms with van der Waals surface area (Å²) in [5.41, 5.74) is 1.93. The Hall–Kier alpha value is -1.07. The molecule has 1 aliphatic heterocycles. The van der Waals surface area contributed by atoms with Crippen molar-refractivity contribution in [3.05, 3.63) is 28.5 Å². The van der Waals surface area contributed by atoms with Gasteiger partial charge >= 0.3 is 0 Å². The Morgan fingerprint density at radius 3 is 3.00 bits per heavy atom. The number of aliphatic imine (C=N–C) groups is 1. The van der Waals surface area contributed by atoms with Crippen LogP contribution in [0.4, 0.5) is 0 Å². The van der Waals surface area contributed by atoms with Crippen LogP contribution in [-0.4, -0.2) is 22.1 Å². The van der Waals surface area contributed by atoms with Gasteiger partial charge in [0.1, 0.15) is 0 Å². The van der Waals surface area contributed by atoms with E-state index < -0.39 is 0 Å². The number of hydrogen-bond donors (Lipinski definition) is 1. The van der Waals surface area contributed by atoms with E-state index in [-0.39, 0.29) is 17.9 Å². The lowest BCUT2D eigenvalue weighted by Crippen LogP contribution is -2.44. The number of aromatic nitrogens is 1. The molecule has 118 valence electrons. The number of nitrogens with one attached hydrogen (secondary N) is 1. The third-order valence-corrected chi connectivity index (χ3v) is 5.66. The summed E-state index contributed by atoms with van der Waals surface area (Å²) in [7, 11) is 0. The number of pyridine rings is 1. The van der Waals surface area contributed by atoms with Crippen LogP contribution in [0.3, 0.4) is 0 Å².